The van der Waals surface area contributed by atoms with Gasteiger partial charge >= 0.3 is 0 Å². The minimum absolute atomic E-state index is 0.00125. The summed E-state index contributed by atoms with van der Waals surface area (Å²) in [6.45, 7) is 6.63. The standard InChI is InChI=1S/C12H18N2O.C2H6/c1-3-14(2)12(15)11(13)9-10-7-5-4-6-8-10;1-2/h4-8,11H,3,9,13H2,1-2H3;1-2H3/t11-;/m0./s1. The zero-order chi connectivity index (χ0) is 13.3. The van der Waals surface area contributed by atoms with Gasteiger partial charge in [-0.3, -0.25) is 4.79 Å². The summed E-state index contributed by atoms with van der Waals surface area (Å²) in [5.41, 5.74) is 6.93. The van der Waals surface area contributed by atoms with E-state index in [4.69, 9.17) is 5.73 Å². The highest BCUT2D eigenvalue weighted by Gasteiger charge is 2.16. The zero-order valence-corrected chi connectivity index (χ0v) is 11.3. The Bertz CT molecular complexity index is 311. The monoisotopic (exact) mass is 236 g/mol. The van der Waals surface area contributed by atoms with Gasteiger partial charge in [-0.2, -0.15) is 0 Å². The average Bonchev–Trinajstić information content (AvgIpc) is 2.40. The third kappa shape index (κ3) is 5.50. The fourth-order valence-electron chi connectivity index (χ4n) is 1.39. The number of nitrogens with two attached hydrogens (primary N) is 1. The molecule has 0 heterocycles. The maximum absolute atomic E-state index is 11.7. The van der Waals surface area contributed by atoms with Gasteiger partial charge in [0.05, 0.1) is 6.04 Å². The molecule has 0 fully saturated rings. The van der Waals surface area contributed by atoms with Crippen molar-refractivity contribution in [1.82, 2.24) is 4.90 Å². The molecule has 0 radical (unpaired) electrons. The van der Waals surface area contributed by atoms with E-state index in [1.165, 1.54) is 0 Å². The van der Waals surface area contributed by atoms with Gasteiger partial charge in [-0.25, -0.2) is 0 Å². The highest BCUT2D eigenvalue weighted by atomic mass is 16.2. The molecule has 3 nitrogen and oxygen atoms in total. The van der Waals surface area contributed by atoms with Crippen molar-refractivity contribution in [3.8, 4) is 0 Å². The number of nitrogens with zero attached hydrogens (tertiary/aromatic N) is 1. The van der Waals surface area contributed by atoms with E-state index in [9.17, 15) is 4.79 Å². The summed E-state index contributed by atoms with van der Waals surface area (Å²) < 4.78 is 0. The number of hydrogen-bond donors (Lipinski definition) is 1. The molecule has 0 bridgehead atoms. The maximum Gasteiger partial charge on any atom is 0.239 e. The van der Waals surface area contributed by atoms with Crippen LogP contribution in [-0.2, 0) is 11.2 Å². The normalized spacial score (nSPS) is 11.1. The highest BCUT2D eigenvalue weighted by molar-refractivity contribution is 5.81. The molecule has 0 aliphatic rings. The smallest absolute Gasteiger partial charge is 0.239 e. The van der Waals surface area contributed by atoms with Crippen LogP contribution in [0.4, 0.5) is 0 Å². The summed E-state index contributed by atoms with van der Waals surface area (Å²) in [4.78, 5) is 13.3. The van der Waals surface area contributed by atoms with E-state index in [0.717, 1.165) is 5.56 Å². The molecular weight excluding hydrogens is 212 g/mol. The molecule has 3 heteroatoms. The molecule has 0 aromatic heterocycles. The zero-order valence-electron chi connectivity index (χ0n) is 11.3. The molecule has 2 N–H and O–H groups in total. The lowest BCUT2D eigenvalue weighted by molar-refractivity contribution is -0.131. The van der Waals surface area contributed by atoms with Gasteiger partial charge in [0.25, 0.3) is 0 Å². The summed E-state index contributed by atoms with van der Waals surface area (Å²) >= 11 is 0. The lowest BCUT2D eigenvalue weighted by atomic mass is 10.1. The van der Waals surface area contributed by atoms with Gasteiger partial charge in [0.2, 0.25) is 5.91 Å². The van der Waals surface area contributed by atoms with E-state index in [2.05, 4.69) is 0 Å². The van der Waals surface area contributed by atoms with Crippen LogP contribution in [0, 0.1) is 0 Å². The Labute approximate surface area is 105 Å². The Morgan fingerprint density at radius 1 is 1.29 bits per heavy atom. The van der Waals surface area contributed by atoms with Gasteiger partial charge in [0.1, 0.15) is 0 Å². The van der Waals surface area contributed by atoms with Gasteiger partial charge in [-0.1, -0.05) is 44.2 Å². The first-order valence-corrected chi connectivity index (χ1v) is 6.19. The van der Waals surface area contributed by atoms with Crippen LogP contribution in [0.25, 0.3) is 0 Å². The molecule has 1 rings (SSSR count). The summed E-state index contributed by atoms with van der Waals surface area (Å²) in [5.74, 6) is 0.00125. The predicted molar refractivity (Wildman–Crippen MR) is 72.8 cm³/mol. The van der Waals surface area contributed by atoms with E-state index >= 15 is 0 Å². The topological polar surface area (TPSA) is 46.3 Å². The second-order valence-electron chi connectivity index (χ2n) is 3.65. The first kappa shape index (κ1) is 15.7. The van der Waals surface area contributed by atoms with Crippen LogP contribution in [0.15, 0.2) is 30.3 Å². The predicted octanol–water partition coefficient (Wildman–Crippen LogP) is 2.06. The van der Waals surface area contributed by atoms with Crippen LogP contribution < -0.4 is 5.73 Å². The second-order valence-corrected chi connectivity index (χ2v) is 3.65. The van der Waals surface area contributed by atoms with Crippen molar-refractivity contribution in [1.29, 1.82) is 0 Å². The van der Waals surface area contributed by atoms with Crippen LogP contribution in [-0.4, -0.2) is 30.4 Å². The summed E-state index contributed by atoms with van der Waals surface area (Å²) in [5, 5.41) is 0. The fourth-order valence-corrected chi connectivity index (χ4v) is 1.39. The average molecular weight is 236 g/mol. The quantitative estimate of drug-likeness (QED) is 0.870. The van der Waals surface area contributed by atoms with Gasteiger partial charge < -0.3 is 10.6 Å². The van der Waals surface area contributed by atoms with Crippen LogP contribution in [0.5, 0.6) is 0 Å². The molecule has 1 aromatic rings. The number of hydrogen-bond acceptors (Lipinski definition) is 2. The molecule has 0 aliphatic heterocycles. The van der Waals surface area contributed by atoms with Crippen LogP contribution in [0.3, 0.4) is 0 Å². The number of carbonyl (C=O) groups is 1. The van der Waals surface area contributed by atoms with Crippen molar-refractivity contribution in [3.05, 3.63) is 35.9 Å². The van der Waals surface area contributed by atoms with Crippen LogP contribution in [0.1, 0.15) is 26.3 Å². The molecule has 1 amide bonds. The molecule has 1 atom stereocenters. The van der Waals surface area contributed by atoms with E-state index in [0.29, 0.717) is 13.0 Å². The van der Waals surface area contributed by atoms with Crippen molar-refractivity contribution >= 4 is 5.91 Å². The number of likely N-dealkylation sites (N-methyl/N-ethyl adjacent to an activating group) is 1. The molecule has 96 valence electrons. The SMILES string of the molecule is CC.CCN(C)C(=O)[C@@H](N)Cc1ccccc1. The molecule has 0 unspecified atom stereocenters. The molecule has 17 heavy (non-hydrogen) atoms. The first-order valence-electron chi connectivity index (χ1n) is 6.19. The minimum atomic E-state index is -0.433. The van der Waals surface area contributed by atoms with E-state index in [-0.39, 0.29) is 5.91 Å². The molecule has 0 saturated heterocycles. The van der Waals surface area contributed by atoms with Gasteiger partial charge in [-0.15, -0.1) is 0 Å². The van der Waals surface area contributed by atoms with Gasteiger partial charge in [0.15, 0.2) is 0 Å². The van der Waals surface area contributed by atoms with E-state index in [1.54, 1.807) is 11.9 Å². The van der Waals surface area contributed by atoms with Crippen molar-refractivity contribution in [2.75, 3.05) is 13.6 Å². The number of benzene rings is 1. The van der Waals surface area contributed by atoms with Crippen molar-refractivity contribution in [2.45, 2.75) is 33.2 Å². The fraction of sp³-hybridized carbons (Fsp3) is 0.500. The first-order chi connectivity index (χ1) is 8.15. The van der Waals surface area contributed by atoms with Gasteiger partial charge in [-0.05, 0) is 18.9 Å². The Balaban J connectivity index is 0.00000121. The second kappa shape index (κ2) is 8.76. The van der Waals surface area contributed by atoms with Crippen LogP contribution >= 0.6 is 0 Å². The highest BCUT2D eigenvalue weighted by Crippen LogP contribution is 2.03. The Morgan fingerprint density at radius 2 is 1.82 bits per heavy atom. The molecular formula is C14H24N2O. The lowest BCUT2D eigenvalue weighted by Crippen LogP contribution is -2.42. The largest absolute Gasteiger partial charge is 0.345 e. The van der Waals surface area contributed by atoms with E-state index in [1.807, 2.05) is 51.1 Å². The lowest BCUT2D eigenvalue weighted by Gasteiger charge is -2.19. The third-order valence-corrected chi connectivity index (χ3v) is 2.47. The number of carbonyl (C=O) groups excluding carboxylic acids is 1. The molecule has 1 aromatic carbocycles. The van der Waals surface area contributed by atoms with E-state index < -0.39 is 6.04 Å². The Kier molecular flexibility index (Phi) is 8.07. The van der Waals surface area contributed by atoms with Crippen molar-refractivity contribution < 1.29 is 4.79 Å². The number of amides is 1. The maximum atomic E-state index is 11.7. The Morgan fingerprint density at radius 3 is 2.29 bits per heavy atom. The minimum Gasteiger partial charge on any atom is -0.345 e. The molecule has 0 spiro atoms. The summed E-state index contributed by atoms with van der Waals surface area (Å²) in [6.07, 6.45) is 0.601. The number of rotatable bonds is 4. The van der Waals surface area contributed by atoms with Crippen molar-refractivity contribution in [3.63, 3.8) is 0 Å². The van der Waals surface area contributed by atoms with Crippen LogP contribution in [0.2, 0.25) is 0 Å². The van der Waals surface area contributed by atoms with Gasteiger partial charge in [0, 0.05) is 13.6 Å². The van der Waals surface area contributed by atoms with Crippen molar-refractivity contribution in [2.24, 2.45) is 5.73 Å². The third-order valence-electron chi connectivity index (χ3n) is 2.47. The molecule has 0 aliphatic carbocycles. The summed E-state index contributed by atoms with van der Waals surface area (Å²) in [6, 6.07) is 9.40. The summed E-state index contributed by atoms with van der Waals surface area (Å²) in [7, 11) is 1.77. The Hall–Kier alpha value is -1.35. The molecule has 0 saturated carbocycles.